The summed E-state index contributed by atoms with van der Waals surface area (Å²) >= 11 is 0. The van der Waals surface area contributed by atoms with Gasteiger partial charge in [0.25, 0.3) is 10.0 Å². The van der Waals surface area contributed by atoms with Crippen LogP contribution < -0.4 is 5.32 Å². The number of carbonyl (C=O) groups is 2. The zero-order valence-corrected chi connectivity index (χ0v) is 20.5. The highest BCUT2D eigenvalue weighted by Gasteiger charge is 2.40. The quantitative estimate of drug-likeness (QED) is 0.384. The molecule has 8 nitrogen and oxygen atoms in total. The second-order valence-electron chi connectivity index (χ2n) is 8.09. The maximum absolute atomic E-state index is 13.7. The first-order chi connectivity index (χ1) is 16.3. The average molecular weight is 491 g/mol. The third kappa shape index (κ3) is 8.46. The number of amides is 2. The summed E-state index contributed by atoms with van der Waals surface area (Å²) < 4.78 is 34.0. The Balaban J connectivity index is 2.37. The Morgan fingerprint density at radius 3 is 2.12 bits per heavy atom. The van der Waals surface area contributed by atoms with Crippen molar-refractivity contribution in [2.24, 2.45) is 0 Å². The molecule has 0 radical (unpaired) electrons. The Labute approximate surface area is 202 Å². The van der Waals surface area contributed by atoms with Crippen molar-refractivity contribution >= 4 is 22.0 Å². The molecule has 0 fully saturated rings. The highest BCUT2D eigenvalue weighted by atomic mass is 32.2. The number of carboxylic acid groups (broad SMARTS) is 1. The van der Waals surface area contributed by atoms with Crippen LogP contribution in [0, 0.1) is 0 Å². The smallest absolute Gasteiger partial charge is 0.405 e. The molecule has 0 aliphatic rings. The Kier molecular flexibility index (Phi) is 11.0. The van der Waals surface area contributed by atoms with E-state index < -0.39 is 33.5 Å². The second-order valence-corrected chi connectivity index (χ2v) is 10.0. The fraction of sp³-hybridized carbons (Fsp3) is 0.440. The Morgan fingerprint density at radius 2 is 1.59 bits per heavy atom. The van der Waals surface area contributed by atoms with E-state index in [4.69, 9.17) is 4.74 Å². The normalized spacial score (nSPS) is 13.1. The lowest BCUT2D eigenvalue weighted by Gasteiger charge is -2.32. The molecule has 0 aliphatic heterocycles. The molecule has 34 heavy (non-hydrogen) atoms. The molecule has 2 rings (SSSR count). The lowest BCUT2D eigenvalue weighted by Crippen LogP contribution is -2.53. The molecule has 2 unspecified atom stereocenters. The van der Waals surface area contributed by atoms with Crippen molar-refractivity contribution in [1.82, 2.24) is 9.62 Å². The van der Waals surface area contributed by atoms with E-state index in [1.54, 1.807) is 24.3 Å². The topological polar surface area (TPSA) is 113 Å². The molecular formula is C25H34N2O6S. The van der Waals surface area contributed by atoms with E-state index >= 15 is 0 Å². The summed E-state index contributed by atoms with van der Waals surface area (Å²) in [5.74, 6) is -0.624. The number of nitrogens with one attached hydrogen (secondary N) is 1. The lowest BCUT2D eigenvalue weighted by atomic mass is 10.1. The van der Waals surface area contributed by atoms with Crippen LogP contribution in [0.5, 0.6) is 0 Å². The van der Waals surface area contributed by atoms with Gasteiger partial charge in [-0.15, -0.1) is 0 Å². The molecule has 0 aromatic heterocycles. The summed E-state index contributed by atoms with van der Waals surface area (Å²) in [6.45, 7) is 3.15. The van der Waals surface area contributed by atoms with Gasteiger partial charge < -0.3 is 15.2 Å². The third-order valence-electron chi connectivity index (χ3n) is 5.40. The number of ether oxygens (including phenoxy) is 1. The van der Waals surface area contributed by atoms with Crippen LogP contribution in [0.15, 0.2) is 60.7 Å². The second kappa shape index (κ2) is 13.7. The van der Waals surface area contributed by atoms with Gasteiger partial charge in [-0.3, -0.25) is 4.79 Å². The van der Waals surface area contributed by atoms with E-state index in [2.05, 4.69) is 5.32 Å². The van der Waals surface area contributed by atoms with Crippen molar-refractivity contribution in [3.8, 4) is 0 Å². The zero-order chi connectivity index (χ0) is 25.0. The number of carbonyl (C=O) groups excluding carboxylic acids is 1. The van der Waals surface area contributed by atoms with Crippen LogP contribution in [0.1, 0.15) is 50.7 Å². The van der Waals surface area contributed by atoms with Crippen LogP contribution in [-0.4, -0.2) is 47.9 Å². The first kappa shape index (κ1) is 27.3. The fourth-order valence-corrected chi connectivity index (χ4v) is 5.51. The molecule has 9 heteroatoms. The minimum atomic E-state index is -4.33. The summed E-state index contributed by atoms with van der Waals surface area (Å²) in [7, 11) is -4.33. The van der Waals surface area contributed by atoms with Gasteiger partial charge in [0.05, 0.1) is 12.6 Å². The van der Waals surface area contributed by atoms with Gasteiger partial charge in [-0.25, -0.2) is 17.5 Å². The van der Waals surface area contributed by atoms with E-state index in [1.807, 2.05) is 43.3 Å². The van der Waals surface area contributed by atoms with Crippen LogP contribution in [0.4, 0.5) is 4.79 Å². The van der Waals surface area contributed by atoms with Gasteiger partial charge in [-0.2, -0.15) is 0 Å². The molecular weight excluding hydrogens is 456 g/mol. The minimum absolute atomic E-state index is 0.0230. The molecule has 0 saturated heterocycles. The Bertz CT molecular complexity index is 999. The SMILES string of the molecule is CCCCCN(C(C)=O)S(=O)(=O)C(OCc1ccccc1)C(CCc1ccccc1)NC(=O)O. The molecule has 0 bridgehead atoms. The zero-order valence-electron chi connectivity index (χ0n) is 19.7. The molecule has 2 N–H and O–H groups in total. The van der Waals surface area contributed by atoms with E-state index in [0.717, 1.165) is 28.3 Å². The maximum atomic E-state index is 13.7. The minimum Gasteiger partial charge on any atom is -0.465 e. The van der Waals surface area contributed by atoms with Gasteiger partial charge in [0.1, 0.15) is 0 Å². The summed E-state index contributed by atoms with van der Waals surface area (Å²) in [6, 6.07) is 17.3. The van der Waals surface area contributed by atoms with Gasteiger partial charge in [0, 0.05) is 13.5 Å². The third-order valence-corrected chi connectivity index (χ3v) is 7.50. The number of aryl methyl sites for hydroxylation is 1. The first-order valence-corrected chi connectivity index (χ1v) is 13.0. The van der Waals surface area contributed by atoms with Crippen LogP contribution in [0.25, 0.3) is 0 Å². The molecule has 0 aliphatic carbocycles. The van der Waals surface area contributed by atoms with Crippen molar-refractivity contribution in [2.45, 2.75) is 64.0 Å². The summed E-state index contributed by atoms with van der Waals surface area (Å²) in [4.78, 5) is 23.9. The van der Waals surface area contributed by atoms with Crippen LogP contribution >= 0.6 is 0 Å². The van der Waals surface area contributed by atoms with Crippen molar-refractivity contribution in [1.29, 1.82) is 0 Å². The van der Waals surface area contributed by atoms with Gasteiger partial charge in [0.15, 0.2) is 5.44 Å². The standard InChI is InChI=1S/C25H34N2O6S/c1-3-4-11-18-27(20(2)28)34(31,32)24(33-19-22-14-9-6-10-15-22)23(26-25(29)30)17-16-21-12-7-5-8-13-21/h5-10,12-15,23-24,26H,3-4,11,16-19H2,1-2H3,(H,29,30). The van der Waals surface area contributed by atoms with E-state index in [-0.39, 0.29) is 19.6 Å². The number of benzene rings is 2. The Morgan fingerprint density at radius 1 is 1.00 bits per heavy atom. The molecule has 2 aromatic rings. The van der Waals surface area contributed by atoms with Gasteiger partial charge >= 0.3 is 6.09 Å². The number of hydrogen-bond acceptors (Lipinski definition) is 5. The number of unbranched alkanes of at least 4 members (excludes halogenated alkanes) is 2. The molecule has 2 aromatic carbocycles. The van der Waals surface area contributed by atoms with Crippen molar-refractivity contribution in [3.63, 3.8) is 0 Å². The van der Waals surface area contributed by atoms with Crippen molar-refractivity contribution < 1.29 is 27.9 Å². The molecule has 0 saturated carbocycles. The van der Waals surface area contributed by atoms with Crippen LogP contribution in [0.2, 0.25) is 0 Å². The Hall–Kier alpha value is -2.91. The molecule has 0 spiro atoms. The molecule has 0 heterocycles. The number of sulfonamides is 1. The number of nitrogens with zero attached hydrogens (tertiary/aromatic N) is 1. The summed E-state index contributed by atoms with van der Waals surface area (Å²) in [6.07, 6.45) is 1.39. The lowest BCUT2D eigenvalue weighted by molar-refractivity contribution is -0.124. The monoisotopic (exact) mass is 490 g/mol. The first-order valence-electron chi connectivity index (χ1n) is 11.5. The van der Waals surface area contributed by atoms with E-state index in [0.29, 0.717) is 12.8 Å². The van der Waals surface area contributed by atoms with E-state index in [9.17, 15) is 23.1 Å². The molecule has 186 valence electrons. The molecule has 2 amide bonds. The highest BCUT2D eigenvalue weighted by Crippen LogP contribution is 2.21. The maximum Gasteiger partial charge on any atom is 0.405 e. The van der Waals surface area contributed by atoms with Crippen LogP contribution in [-0.2, 0) is 32.6 Å². The summed E-state index contributed by atoms with van der Waals surface area (Å²) in [5.41, 5.74) is 0.100. The number of hydrogen-bond donors (Lipinski definition) is 2. The van der Waals surface area contributed by atoms with Gasteiger partial charge in [-0.05, 0) is 30.4 Å². The van der Waals surface area contributed by atoms with E-state index in [1.165, 1.54) is 6.92 Å². The molecule has 2 atom stereocenters. The predicted molar refractivity (Wildman–Crippen MR) is 131 cm³/mol. The largest absolute Gasteiger partial charge is 0.465 e. The van der Waals surface area contributed by atoms with Crippen molar-refractivity contribution in [2.75, 3.05) is 6.54 Å². The fourth-order valence-electron chi connectivity index (χ4n) is 3.66. The summed E-state index contributed by atoms with van der Waals surface area (Å²) in [5, 5.41) is 11.8. The van der Waals surface area contributed by atoms with Gasteiger partial charge in [-0.1, -0.05) is 80.4 Å². The predicted octanol–water partition coefficient (Wildman–Crippen LogP) is 4.17. The van der Waals surface area contributed by atoms with Crippen molar-refractivity contribution in [3.05, 3.63) is 71.8 Å². The van der Waals surface area contributed by atoms with Gasteiger partial charge in [0.2, 0.25) is 5.91 Å². The highest BCUT2D eigenvalue weighted by molar-refractivity contribution is 7.90. The average Bonchev–Trinajstić information content (AvgIpc) is 2.80. The van der Waals surface area contributed by atoms with Crippen LogP contribution in [0.3, 0.4) is 0 Å². The number of rotatable bonds is 14.